The van der Waals surface area contributed by atoms with E-state index in [0.717, 1.165) is 0 Å². The van der Waals surface area contributed by atoms with Crippen molar-refractivity contribution >= 4 is 5.97 Å². The SMILES string of the molecule is C=CC1C(O[C@@H]2O[C@H](CO)[C@@H](O)[C@H](O)[C@H]2O)OC=C2C(=O)O[C@H](OC)CC21. The van der Waals surface area contributed by atoms with Gasteiger partial charge in [0, 0.05) is 25.4 Å². The molecule has 4 N–H and O–H groups in total. The number of rotatable bonds is 5. The summed E-state index contributed by atoms with van der Waals surface area (Å²) in [6.07, 6.45) is -5.65. The van der Waals surface area contributed by atoms with Crippen molar-refractivity contribution in [3.05, 3.63) is 24.5 Å². The Labute approximate surface area is 155 Å². The summed E-state index contributed by atoms with van der Waals surface area (Å²) < 4.78 is 26.7. The zero-order valence-corrected chi connectivity index (χ0v) is 14.7. The maximum absolute atomic E-state index is 12.1. The van der Waals surface area contributed by atoms with Gasteiger partial charge in [0.05, 0.1) is 18.4 Å². The summed E-state index contributed by atoms with van der Waals surface area (Å²) in [6.45, 7) is 3.18. The van der Waals surface area contributed by atoms with Crippen LogP contribution in [0.3, 0.4) is 0 Å². The highest BCUT2D eigenvalue weighted by Crippen LogP contribution is 2.40. The Bertz CT molecular complexity index is 590. The van der Waals surface area contributed by atoms with Gasteiger partial charge in [-0.1, -0.05) is 6.08 Å². The number of hydrogen-bond donors (Lipinski definition) is 4. The normalized spacial score (nSPS) is 44.6. The largest absolute Gasteiger partial charge is 0.471 e. The minimum atomic E-state index is -1.57. The van der Waals surface area contributed by atoms with Crippen molar-refractivity contribution < 1.29 is 48.9 Å². The minimum absolute atomic E-state index is 0.321. The second-order valence-corrected chi connectivity index (χ2v) is 6.64. The highest BCUT2D eigenvalue weighted by atomic mass is 16.8. The number of aliphatic hydroxyl groups excluding tert-OH is 4. The van der Waals surface area contributed by atoms with Gasteiger partial charge in [-0.2, -0.15) is 0 Å². The molecule has 0 aromatic rings. The van der Waals surface area contributed by atoms with Crippen molar-refractivity contribution in [3.63, 3.8) is 0 Å². The Balaban J connectivity index is 1.77. The molecule has 10 nitrogen and oxygen atoms in total. The Morgan fingerprint density at radius 1 is 1.26 bits per heavy atom. The summed E-state index contributed by atoms with van der Waals surface area (Å²) in [5.41, 5.74) is 0.321. The molecule has 0 amide bonds. The molecular weight excluding hydrogens is 364 g/mol. The number of methoxy groups -OCH3 is 1. The molecule has 0 aromatic heterocycles. The van der Waals surface area contributed by atoms with Crippen LogP contribution >= 0.6 is 0 Å². The number of carbonyl (C=O) groups is 1. The van der Waals surface area contributed by atoms with Crippen LogP contribution in [0.2, 0.25) is 0 Å². The fraction of sp³-hybridized carbons (Fsp3) is 0.706. The van der Waals surface area contributed by atoms with Crippen LogP contribution in [0.15, 0.2) is 24.5 Å². The lowest BCUT2D eigenvalue weighted by Gasteiger charge is -2.44. The van der Waals surface area contributed by atoms with E-state index in [4.69, 9.17) is 23.7 Å². The third-order valence-electron chi connectivity index (χ3n) is 5.08. The summed E-state index contributed by atoms with van der Waals surface area (Å²) in [4.78, 5) is 12.1. The number of cyclic esters (lactones) is 1. The van der Waals surface area contributed by atoms with Gasteiger partial charge in [-0.3, -0.25) is 0 Å². The van der Waals surface area contributed by atoms with Gasteiger partial charge < -0.3 is 44.1 Å². The van der Waals surface area contributed by atoms with E-state index < -0.39 is 61.8 Å². The maximum Gasteiger partial charge on any atom is 0.339 e. The molecule has 0 radical (unpaired) electrons. The first-order valence-electron chi connectivity index (χ1n) is 8.59. The summed E-state index contributed by atoms with van der Waals surface area (Å²) in [5.74, 6) is -1.41. The molecule has 0 spiro atoms. The predicted molar refractivity (Wildman–Crippen MR) is 86.5 cm³/mol. The van der Waals surface area contributed by atoms with Crippen molar-refractivity contribution in [2.45, 2.75) is 49.7 Å². The second kappa shape index (κ2) is 8.23. The molecule has 3 aliphatic heterocycles. The van der Waals surface area contributed by atoms with E-state index in [-0.39, 0.29) is 5.92 Å². The van der Waals surface area contributed by atoms with Crippen molar-refractivity contribution in [3.8, 4) is 0 Å². The lowest BCUT2D eigenvalue weighted by atomic mass is 9.80. The van der Waals surface area contributed by atoms with Gasteiger partial charge in [0.1, 0.15) is 24.4 Å². The topological polar surface area (TPSA) is 144 Å². The Kier molecular flexibility index (Phi) is 6.16. The number of esters is 1. The quantitative estimate of drug-likeness (QED) is 0.320. The Hall–Kier alpha value is -1.53. The summed E-state index contributed by atoms with van der Waals surface area (Å²) in [7, 11) is 1.43. The molecule has 0 aliphatic carbocycles. The van der Waals surface area contributed by atoms with Crippen LogP contribution in [0.4, 0.5) is 0 Å². The van der Waals surface area contributed by atoms with E-state index in [1.807, 2.05) is 0 Å². The number of ether oxygens (including phenoxy) is 5. The lowest BCUT2D eigenvalue weighted by molar-refractivity contribution is -0.340. The number of carbonyl (C=O) groups excluding carboxylic acids is 1. The van der Waals surface area contributed by atoms with E-state index in [9.17, 15) is 25.2 Å². The molecule has 10 heteroatoms. The molecule has 9 atom stereocenters. The monoisotopic (exact) mass is 388 g/mol. The number of hydrogen-bond acceptors (Lipinski definition) is 10. The zero-order chi connectivity index (χ0) is 19.7. The van der Waals surface area contributed by atoms with Crippen molar-refractivity contribution in [2.75, 3.05) is 13.7 Å². The van der Waals surface area contributed by atoms with Crippen LogP contribution < -0.4 is 0 Å². The van der Waals surface area contributed by atoms with Crippen LogP contribution in [0.1, 0.15) is 6.42 Å². The zero-order valence-electron chi connectivity index (χ0n) is 14.7. The van der Waals surface area contributed by atoms with E-state index in [1.165, 1.54) is 13.4 Å². The van der Waals surface area contributed by atoms with Crippen LogP contribution in [-0.2, 0) is 28.5 Å². The molecule has 2 fully saturated rings. The molecular formula is C17H24O10. The fourth-order valence-electron chi connectivity index (χ4n) is 3.50. The Morgan fingerprint density at radius 3 is 2.63 bits per heavy atom. The van der Waals surface area contributed by atoms with E-state index in [0.29, 0.717) is 12.0 Å². The van der Waals surface area contributed by atoms with Crippen molar-refractivity contribution in [2.24, 2.45) is 11.8 Å². The van der Waals surface area contributed by atoms with Gasteiger partial charge in [-0.05, 0) is 0 Å². The molecule has 152 valence electrons. The van der Waals surface area contributed by atoms with Crippen LogP contribution in [0.25, 0.3) is 0 Å². The van der Waals surface area contributed by atoms with Gasteiger partial charge in [-0.15, -0.1) is 6.58 Å². The summed E-state index contributed by atoms with van der Waals surface area (Å²) in [5, 5.41) is 39.1. The third-order valence-corrected chi connectivity index (χ3v) is 5.08. The van der Waals surface area contributed by atoms with Crippen LogP contribution in [-0.4, -0.2) is 83.4 Å². The molecule has 2 saturated heterocycles. The molecule has 3 aliphatic rings. The number of fused-ring (bicyclic) bond motifs is 1. The Morgan fingerprint density at radius 2 is 2.00 bits per heavy atom. The van der Waals surface area contributed by atoms with Gasteiger partial charge in [0.2, 0.25) is 12.6 Å². The average Bonchev–Trinajstić information content (AvgIpc) is 2.67. The van der Waals surface area contributed by atoms with Gasteiger partial charge in [0.25, 0.3) is 0 Å². The lowest BCUT2D eigenvalue weighted by Crippen LogP contribution is -2.60. The van der Waals surface area contributed by atoms with Gasteiger partial charge in [-0.25, -0.2) is 4.79 Å². The average molecular weight is 388 g/mol. The number of aliphatic hydroxyl groups is 4. The van der Waals surface area contributed by atoms with Gasteiger partial charge in [0.15, 0.2) is 6.29 Å². The van der Waals surface area contributed by atoms with E-state index in [2.05, 4.69) is 6.58 Å². The second-order valence-electron chi connectivity index (χ2n) is 6.64. The molecule has 27 heavy (non-hydrogen) atoms. The summed E-state index contributed by atoms with van der Waals surface area (Å²) >= 11 is 0. The first-order valence-corrected chi connectivity index (χ1v) is 8.59. The molecule has 3 unspecified atom stereocenters. The predicted octanol–water partition coefficient (Wildman–Crippen LogP) is -1.62. The first kappa shape index (κ1) is 20.2. The smallest absolute Gasteiger partial charge is 0.339 e. The molecule has 0 bridgehead atoms. The van der Waals surface area contributed by atoms with Crippen LogP contribution in [0, 0.1) is 11.8 Å². The van der Waals surface area contributed by atoms with Crippen LogP contribution in [0.5, 0.6) is 0 Å². The molecule has 3 rings (SSSR count). The van der Waals surface area contributed by atoms with Gasteiger partial charge >= 0.3 is 5.97 Å². The summed E-state index contributed by atoms with van der Waals surface area (Å²) in [6, 6.07) is 0. The molecule has 0 aromatic carbocycles. The highest BCUT2D eigenvalue weighted by Gasteiger charge is 2.49. The standard InChI is InChI=1S/C17H24O10/c1-3-7-8-4-11(23-2)26-15(22)9(8)6-24-16(7)27-17-14(21)13(20)12(19)10(5-18)25-17/h3,6-8,10-14,16-21H,1,4-5H2,2H3/t7?,8?,10-,11+,12-,13+,14-,16?,17+/m1/s1. The van der Waals surface area contributed by atoms with E-state index in [1.54, 1.807) is 6.08 Å². The van der Waals surface area contributed by atoms with Crippen molar-refractivity contribution in [1.82, 2.24) is 0 Å². The first-order chi connectivity index (χ1) is 12.9. The van der Waals surface area contributed by atoms with E-state index >= 15 is 0 Å². The maximum atomic E-state index is 12.1. The fourth-order valence-corrected chi connectivity index (χ4v) is 3.50. The molecule has 3 heterocycles. The molecule has 0 saturated carbocycles. The minimum Gasteiger partial charge on any atom is -0.471 e. The highest BCUT2D eigenvalue weighted by molar-refractivity contribution is 5.89. The van der Waals surface area contributed by atoms with Crippen molar-refractivity contribution in [1.29, 1.82) is 0 Å². The third kappa shape index (κ3) is 3.74.